The molecule has 1 aromatic rings. The highest BCUT2D eigenvalue weighted by Gasteiger charge is 1.98. The fraction of sp³-hybridized carbons (Fsp3) is 0.167. The highest BCUT2D eigenvalue weighted by atomic mass is 79.9. The van der Waals surface area contributed by atoms with Crippen molar-refractivity contribution in [1.29, 1.82) is 0 Å². The van der Waals surface area contributed by atoms with E-state index >= 15 is 0 Å². The minimum Gasteiger partial charge on any atom is -0.372 e. The molecular formula is C6H6BrFN2. The molecule has 0 unspecified atom stereocenters. The molecule has 0 radical (unpaired) electrons. The Balaban J connectivity index is 3.07. The molecule has 0 aromatic carbocycles. The van der Waals surface area contributed by atoms with Gasteiger partial charge < -0.3 is 5.32 Å². The fourth-order valence-corrected chi connectivity index (χ4v) is 1.12. The second kappa shape index (κ2) is 2.96. The molecule has 1 aromatic heterocycles. The van der Waals surface area contributed by atoms with Crippen LogP contribution in [0.15, 0.2) is 16.7 Å². The van der Waals surface area contributed by atoms with Crippen molar-refractivity contribution in [3.8, 4) is 0 Å². The molecule has 0 saturated heterocycles. The normalized spacial score (nSPS) is 9.50. The fourth-order valence-electron chi connectivity index (χ4n) is 0.599. The van der Waals surface area contributed by atoms with Crippen molar-refractivity contribution in [2.24, 2.45) is 0 Å². The van der Waals surface area contributed by atoms with Gasteiger partial charge in [0.25, 0.3) is 0 Å². The third kappa shape index (κ3) is 1.44. The molecule has 0 amide bonds. The topological polar surface area (TPSA) is 24.9 Å². The predicted molar refractivity (Wildman–Crippen MR) is 41.4 cm³/mol. The molecule has 10 heavy (non-hydrogen) atoms. The van der Waals surface area contributed by atoms with Crippen molar-refractivity contribution in [1.82, 2.24) is 4.98 Å². The van der Waals surface area contributed by atoms with Crippen LogP contribution >= 0.6 is 15.9 Å². The van der Waals surface area contributed by atoms with E-state index in [4.69, 9.17) is 0 Å². The van der Waals surface area contributed by atoms with E-state index in [9.17, 15) is 4.39 Å². The van der Waals surface area contributed by atoms with Crippen LogP contribution in [-0.2, 0) is 0 Å². The Morgan fingerprint density at radius 3 is 2.90 bits per heavy atom. The van der Waals surface area contributed by atoms with Gasteiger partial charge in [0, 0.05) is 7.05 Å². The van der Waals surface area contributed by atoms with Gasteiger partial charge in [-0.15, -0.1) is 0 Å². The molecule has 1 rings (SSSR count). The molecule has 0 bridgehead atoms. The summed E-state index contributed by atoms with van der Waals surface area (Å²) < 4.78 is 13.0. The molecule has 0 aliphatic rings. The Morgan fingerprint density at radius 2 is 2.40 bits per heavy atom. The first-order chi connectivity index (χ1) is 4.74. The third-order valence-corrected chi connectivity index (χ3v) is 1.65. The maximum Gasteiger partial charge on any atom is 0.142 e. The highest BCUT2D eigenvalue weighted by Crippen LogP contribution is 2.18. The molecule has 4 heteroatoms. The number of nitrogens with one attached hydrogen (secondary N) is 1. The average Bonchev–Trinajstić information content (AvgIpc) is 1.88. The molecule has 0 spiro atoms. The first-order valence-electron chi connectivity index (χ1n) is 2.73. The first kappa shape index (κ1) is 7.47. The van der Waals surface area contributed by atoms with E-state index in [1.54, 1.807) is 7.05 Å². The number of pyridine rings is 1. The van der Waals surface area contributed by atoms with Crippen LogP contribution in [0.3, 0.4) is 0 Å². The van der Waals surface area contributed by atoms with Crippen molar-refractivity contribution in [2.75, 3.05) is 12.4 Å². The SMILES string of the molecule is CNc1ncc(F)cc1Br. The van der Waals surface area contributed by atoms with E-state index < -0.39 is 0 Å². The van der Waals surface area contributed by atoms with Crippen molar-refractivity contribution in [3.63, 3.8) is 0 Å². The van der Waals surface area contributed by atoms with Crippen molar-refractivity contribution >= 4 is 21.7 Å². The summed E-state index contributed by atoms with van der Waals surface area (Å²) in [7, 11) is 1.73. The summed E-state index contributed by atoms with van der Waals surface area (Å²) in [6, 6.07) is 1.36. The van der Waals surface area contributed by atoms with Gasteiger partial charge in [-0.05, 0) is 22.0 Å². The molecule has 1 heterocycles. The lowest BCUT2D eigenvalue weighted by Gasteiger charge is -1.99. The maximum absolute atomic E-state index is 12.4. The third-order valence-electron chi connectivity index (χ3n) is 1.04. The van der Waals surface area contributed by atoms with Crippen LogP contribution < -0.4 is 5.32 Å². The van der Waals surface area contributed by atoms with Crippen molar-refractivity contribution in [3.05, 3.63) is 22.6 Å². The van der Waals surface area contributed by atoms with Crippen LogP contribution in [0, 0.1) is 5.82 Å². The van der Waals surface area contributed by atoms with Crippen LogP contribution in [0.4, 0.5) is 10.2 Å². The molecule has 0 saturated carbocycles. The summed E-state index contributed by atoms with van der Waals surface area (Å²) in [5.74, 6) is 0.298. The van der Waals surface area contributed by atoms with Crippen LogP contribution in [0.25, 0.3) is 0 Å². The molecule has 1 N–H and O–H groups in total. The molecule has 2 nitrogen and oxygen atoms in total. The van der Waals surface area contributed by atoms with Gasteiger partial charge in [0.1, 0.15) is 11.6 Å². The number of hydrogen-bond acceptors (Lipinski definition) is 2. The number of nitrogens with zero attached hydrogens (tertiary/aromatic N) is 1. The Morgan fingerprint density at radius 1 is 1.70 bits per heavy atom. The number of aromatic nitrogens is 1. The van der Waals surface area contributed by atoms with Gasteiger partial charge in [0.15, 0.2) is 0 Å². The second-order valence-corrected chi connectivity index (χ2v) is 2.59. The smallest absolute Gasteiger partial charge is 0.142 e. The van der Waals surface area contributed by atoms with Gasteiger partial charge in [-0.1, -0.05) is 0 Å². The van der Waals surface area contributed by atoms with Crippen LogP contribution in [0.2, 0.25) is 0 Å². The van der Waals surface area contributed by atoms with E-state index in [1.807, 2.05) is 0 Å². The van der Waals surface area contributed by atoms with Gasteiger partial charge in [-0.3, -0.25) is 0 Å². The van der Waals surface area contributed by atoms with Gasteiger partial charge in [-0.2, -0.15) is 0 Å². The zero-order valence-corrected chi connectivity index (χ0v) is 6.94. The number of halogens is 2. The number of anilines is 1. The lowest BCUT2D eigenvalue weighted by atomic mass is 10.4. The van der Waals surface area contributed by atoms with Crippen LogP contribution in [0.5, 0.6) is 0 Å². The van der Waals surface area contributed by atoms with E-state index in [-0.39, 0.29) is 5.82 Å². The Bertz CT molecular complexity index is 239. The van der Waals surface area contributed by atoms with E-state index in [0.29, 0.717) is 10.3 Å². The first-order valence-corrected chi connectivity index (χ1v) is 3.52. The van der Waals surface area contributed by atoms with Gasteiger partial charge in [0.05, 0.1) is 10.7 Å². The number of rotatable bonds is 1. The van der Waals surface area contributed by atoms with Gasteiger partial charge >= 0.3 is 0 Å². The lowest BCUT2D eigenvalue weighted by Crippen LogP contribution is -1.93. The average molecular weight is 205 g/mol. The molecular weight excluding hydrogens is 199 g/mol. The molecule has 0 fully saturated rings. The van der Waals surface area contributed by atoms with Gasteiger partial charge in [-0.25, -0.2) is 9.37 Å². The molecule has 0 aliphatic carbocycles. The highest BCUT2D eigenvalue weighted by molar-refractivity contribution is 9.10. The quantitative estimate of drug-likeness (QED) is 0.758. The zero-order chi connectivity index (χ0) is 7.56. The summed E-state index contributed by atoms with van der Waals surface area (Å²) in [6.07, 6.45) is 1.16. The number of hydrogen-bond donors (Lipinski definition) is 1. The van der Waals surface area contributed by atoms with E-state index in [2.05, 4.69) is 26.2 Å². The van der Waals surface area contributed by atoms with E-state index in [1.165, 1.54) is 6.07 Å². The summed E-state index contributed by atoms with van der Waals surface area (Å²) in [5.41, 5.74) is 0. The Kier molecular flexibility index (Phi) is 2.21. The second-order valence-electron chi connectivity index (χ2n) is 1.73. The summed E-state index contributed by atoms with van der Waals surface area (Å²) in [5, 5.41) is 2.80. The summed E-state index contributed by atoms with van der Waals surface area (Å²) in [6.45, 7) is 0. The van der Waals surface area contributed by atoms with Crippen LogP contribution in [0.1, 0.15) is 0 Å². The maximum atomic E-state index is 12.4. The Hall–Kier alpha value is -0.640. The lowest BCUT2D eigenvalue weighted by molar-refractivity contribution is 0.621. The minimum absolute atomic E-state index is 0.342. The predicted octanol–water partition coefficient (Wildman–Crippen LogP) is 2.02. The molecule has 0 atom stereocenters. The zero-order valence-electron chi connectivity index (χ0n) is 5.36. The Labute approximate surface area is 66.6 Å². The minimum atomic E-state index is -0.342. The summed E-state index contributed by atoms with van der Waals surface area (Å²) >= 11 is 3.14. The van der Waals surface area contributed by atoms with Crippen LogP contribution in [-0.4, -0.2) is 12.0 Å². The standard InChI is InChI=1S/C6H6BrFN2/c1-9-6-5(7)2-4(8)3-10-6/h2-3H,1H3,(H,9,10). The van der Waals surface area contributed by atoms with E-state index in [0.717, 1.165) is 6.20 Å². The van der Waals surface area contributed by atoms with Gasteiger partial charge in [0.2, 0.25) is 0 Å². The summed E-state index contributed by atoms with van der Waals surface area (Å²) in [4.78, 5) is 3.76. The van der Waals surface area contributed by atoms with Crippen molar-refractivity contribution < 1.29 is 4.39 Å². The largest absolute Gasteiger partial charge is 0.372 e. The van der Waals surface area contributed by atoms with Crippen molar-refractivity contribution in [2.45, 2.75) is 0 Å². The molecule has 54 valence electrons. The monoisotopic (exact) mass is 204 g/mol. The molecule has 0 aliphatic heterocycles.